The molecule has 0 radical (unpaired) electrons. The summed E-state index contributed by atoms with van der Waals surface area (Å²) in [4.78, 5) is 10.8. The number of rotatable bonds is 3. The summed E-state index contributed by atoms with van der Waals surface area (Å²) >= 11 is 3.05. The number of sulfonamides is 1. The van der Waals surface area contributed by atoms with E-state index in [9.17, 15) is 17.6 Å². The maximum Gasteiger partial charge on any atom is 0.322 e. The average molecular weight is 352 g/mol. The molecule has 1 fully saturated rings. The van der Waals surface area contributed by atoms with Crippen molar-refractivity contribution in [1.82, 2.24) is 4.31 Å². The second kappa shape index (κ2) is 5.18. The number of carboxylic acids is 1. The van der Waals surface area contributed by atoms with Gasteiger partial charge in [0.05, 0.1) is 4.90 Å². The van der Waals surface area contributed by atoms with Gasteiger partial charge in [-0.1, -0.05) is 0 Å². The van der Waals surface area contributed by atoms with E-state index >= 15 is 0 Å². The lowest BCUT2D eigenvalue weighted by Crippen LogP contribution is -2.40. The van der Waals surface area contributed by atoms with Crippen LogP contribution in [0.2, 0.25) is 0 Å². The molecule has 1 aromatic rings. The van der Waals surface area contributed by atoms with E-state index in [1.807, 2.05) is 0 Å². The Labute approximate surface area is 118 Å². The van der Waals surface area contributed by atoms with Crippen LogP contribution in [0.15, 0.2) is 27.6 Å². The third kappa shape index (κ3) is 2.65. The second-order valence-electron chi connectivity index (χ2n) is 4.19. The number of hydrogen-bond acceptors (Lipinski definition) is 3. The van der Waals surface area contributed by atoms with E-state index in [-0.39, 0.29) is 22.3 Å². The Hall–Kier alpha value is -0.990. The fraction of sp³-hybridized carbons (Fsp3) is 0.364. The van der Waals surface area contributed by atoms with Gasteiger partial charge in [0.25, 0.3) is 0 Å². The van der Waals surface area contributed by atoms with Crippen LogP contribution >= 0.6 is 15.9 Å². The molecule has 0 spiro atoms. The van der Waals surface area contributed by atoms with E-state index < -0.39 is 27.9 Å². The van der Waals surface area contributed by atoms with Gasteiger partial charge < -0.3 is 5.11 Å². The zero-order valence-corrected chi connectivity index (χ0v) is 12.1. The topological polar surface area (TPSA) is 74.7 Å². The highest BCUT2D eigenvalue weighted by Crippen LogP contribution is 2.30. The first-order valence-corrected chi connectivity index (χ1v) is 7.77. The van der Waals surface area contributed by atoms with Crippen LogP contribution < -0.4 is 0 Å². The monoisotopic (exact) mass is 351 g/mol. The Morgan fingerprint density at radius 2 is 2.16 bits per heavy atom. The van der Waals surface area contributed by atoms with Crippen LogP contribution in [0.25, 0.3) is 0 Å². The summed E-state index contributed by atoms with van der Waals surface area (Å²) in [6.45, 7) is 0.127. The van der Waals surface area contributed by atoms with Crippen LogP contribution in [0, 0.1) is 5.82 Å². The molecule has 0 saturated carbocycles. The Bertz CT molecular complexity index is 619. The van der Waals surface area contributed by atoms with Crippen LogP contribution in [0.4, 0.5) is 4.39 Å². The molecule has 0 bridgehead atoms. The van der Waals surface area contributed by atoms with Gasteiger partial charge in [0, 0.05) is 11.0 Å². The zero-order valence-electron chi connectivity index (χ0n) is 9.71. The lowest BCUT2D eigenvalue weighted by molar-refractivity contribution is -0.140. The molecule has 5 nitrogen and oxygen atoms in total. The van der Waals surface area contributed by atoms with Crippen molar-refractivity contribution in [3.63, 3.8) is 0 Å². The minimum atomic E-state index is -4.02. The van der Waals surface area contributed by atoms with Crippen LogP contribution in [0.5, 0.6) is 0 Å². The largest absolute Gasteiger partial charge is 0.480 e. The fourth-order valence-electron chi connectivity index (χ4n) is 2.08. The Balaban J connectivity index is 2.48. The second-order valence-corrected chi connectivity index (χ2v) is 6.90. The molecule has 1 N–H and O–H groups in total. The van der Waals surface area contributed by atoms with Gasteiger partial charge in [-0.25, -0.2) is 12.8 Å². The molecule has 1 unspecified atom stereocenters. The third-order valence-corrected chi connectivity index (χ3v) is 5.87. The highest BCUT2D eigenvalue weighted by Gasteiger charge is 2.40. The predicted octanol–water partition coefficient (Wildman–Crippen LogP) is 1.83. The molecule has 104 valence electrons. The van der Waals surface area contributed by atoms with Gasteiger partial charge in [0.2, 0.25) is 10.0 Å². The quantitative estimate of drug-likeness (QED) is 0.901. The third-order valence-electron chi connectivity index (χ3n) is 2.97. The molecular formula is C11H11BrFNO4S. The standard InChI is InChI=1S/C11H11BrFNO4S/c12-8-4-3-7(13)6-10(8)19(17,18)14-5-1-2-9(14)11(15)16/h3-4,6,9H,1-2,5H2,(H,15,16). The minimum Gasteiger partial charge on any atom is -0.480 e. The first-order chi connectivity index (χ1) is 8.84. The lowest BCUT2D eigenvalue weighted by Gasteiger charge is -2.21. The molecule has 0 amide bonds. The first-order valence-electron chi connectivity index (χ1n) is 5.54. The van der Waals surface area contributed by atoms with Gasteiger partial charge in [-0.05, 0) is 47.0 Å². The summed E-state index contributed by atoms with van der Waals surface area (Å²) in [5, 5.41) is 9.03. The van der Waals surface area contributed by atoms with Crippen molar-refractivity contribution < 1.29 is 22.7 Å². The maximum atomic E-state index is 13.2. The molecule has 1 aliphatic rings. The molecular weight excluding hydrogens is 341 g/mol. The number of aliphatic carboxylic acids is 1. The summed E-state index contributed by atoms with van der Waals surface area (Å²) in [6.07, 6.45) is 0.741. The number of hydrogen-bond donors (Lipinski definition) is 1. The molecule has 2 rings (SSSR count). The molecule has 8 heteroatoms. The number of benzene rings is 1. The van der Waals surface area contributed by atoms with Crippen molar-refractivity contribution in [3.8, 4) is 0 Å². The van der Waals surface area contributed by atoms with Crippen LogP contribution in [-0.4, -0.2) is 36.4 Å². The number of carboxylic acid groups (broad SMARTS) is 1. The highest BCUT2D eigenvalue weighted by atomic mass is 79.9. The van der Waals surface area contributed by atoms with Crippen LogP contribution in [0.3, 0.4) is 0 Å². The van der Waals surface area contributed by atoms with Crippen molar-refractivity contribution in [2.24, 2.45) is 0 Å². The van der Waals surface area contributed by atoms with Crippen LogP contribution in [-0.2, 0) is 14.8 Å². The van der Waals surface area contributed by atoms with Crippen LogP contribution in [0.1, 0.15) is 12.8 Å². The van der Waals surface area contributed by atoms with Gasteiger partial charge in [0.15, 0.2) is 0 Å². The predicted molar refractivity (Wildman–Crippen MR) is 68.6 cm³/mol. The maximum absolute atomic E-state index is 13.2. The molecule has 1 aliphatic heterocycles. The average Bonchev–Trinajstić information content (AvgIpc) is 2.82. The molecule has 0 aliphatic carbocycles. The number of carbonyl (C=O) groups is 1. The van der Waals surface area contributed by atoms with E-state index in [1.165, 1.54) is 6.07 Å². The Morgan fingerprint density at radius 1 is 1.47 bits per heavy atom. The smallest absolute Gasteiger partial charge is 0.322 e. The summed E-state index contributed by atoms with van der Waals surface area (Å²) in [5.41, 5.74) is 0. The highest BCUT2D eigenvalue weighted by molar-refractivity contribution is 9.10. The zero-order chi connectivity index (χ0) is 14.2. The minimum absolute atomic E-state index is 0.127. The van der Waals surface area contributed by atoms with Gasteiger partial charge in [-0.15, -0.1) is 0 Å². The lowest BCUT2D eigenvalue weighted by atomic mass is 10.2. The molecule has 19 heavy (non-hydrogen) atoms. The summed E-state index contributed by atoms with van der Waals surface area (Å²) in [7, 11) is -4.02. The molecule has 1 aromatic carbocycles. The van der Waals surface area contributed by atoms with E-state index in [0.717, 1.165) is 16.4 Å². The fourth-order valence-corrected chi connectivity index (χ4v) is 4.66. The molecule has 1 heterocycles. The SMILES string of the molecule is O=C(O)C1CCCN1S(=O)(=O)c1cc(F)ccc1Br. The van der Waals surface area contributed by atoms with Crippen molar-refractivity contribution >= 4 is 31.9 Å². The van der Waals surface area contributed by atoms with Gasteiger partial charge in [-0.2, -0.15) is 4.31 Å². The Morgan fingerprint density at radius 3 is 2.79 bits per heavy atom. The molecule has 1 atom stereocenters. The van der Waals surface area contributed by atoms with Gasteiger partial charge >= 0.3 is 5.97 Å². The normalized spacial score (nSPS) is 20.6. The van der Waals surface area contributed by atoms with Crippen molar-refractivity contribution in [2.45, 2.75) is 23.8 Å². The van der Waals surface area contributed by atoms with Crippen molar-refractivity contribution in [3.05, 3.63) is 28.5 Å². The van der Waals surface area contributed by atoms with Gasteiger partial charge in [-0.3, -0.25) is 4.79 Å². The van der Waals surface area contributed by atoms with E-state index in [1.54, 1.807) is 0 Å². The van der Waals surface area contributed by atoms with E-state index in [0.29, 0.717) is 6.42 Å². The number of nitrogens with zero attached hydrogens (tertiary/aromatic N) is 1. The first kappa shape index (κ1) is 14.4. The Kier molecular flexibility index (Phi) is 3.93. The van der Waals surface area contributed by atoms with E-state index in [4.69, 9.17) is 5.11 Å². The van der Waals surface area contributed by atoms with E-state index in [2.05, 4.69) is 15.9 Å². The van der Waals surface area contributed by atoms with Crippen molar-refractivity contribution in [1.29, 1.82) is 0 Å². The summed E-state index contributed by atoms with van der Waals surface area (Å²) in [6, 6.07) is 2.21. The summed E-state index contributed by atoms with van der Waals surface area (Å²) in [5.74, 6) is -1.87. The molecule has 1 saturated heterocycles. The number of halogens is 2. The van der Waals surface area contributed by atoms with Crippen molar-refractivity contribution in [2.75, 3.05) is 6.54 Å². The van der Waals surface area contributed by atoms with Gasteiger partial charge in [0.1, 0.15) is 11.9 Å². The summed E-state index contributed by atoms with van der Waals surface area (Å²) < 4.78 is 39.1. The molecule has 0 aromatic heterocycles.